The van der Waals surface area contributed by atoms with E-state index in [1.54, 1.807) is 4.68 Å². The summed E-state index contributed by atoms with van der Waals surface area (Å²) in [5.74, 6) is 1.36. The van der Waals surface area contributed by atoms with Gasteiger partial charge in [0.05, 0.1) is 18.8 Å². The number of aromatic nitrogens is 3. The van der Waals surface area contributed by atoms with E-state index in [4.69, 9.17) is 10.5 Å². The molecule has 0 aliphatic rings. The van der Waals surface area contributed by atoms with Crippen molar-refractivity contribution in [2.75, 3.05) is 12.3 Å². The molecular formula is C12H16N4O. The highest BCUT2D eigenvalue weighted by Crippen LogP contribution is 2.14. The van der Waals surface area contributed by atoms with E-state index in [9.17, 15) is 0 Å². The molecule has 0 aliphatic heterocycles. The number of rotatable bonds is 4. The number of nitrogen functional groups attached to an aromatic ring is 1. The number of benzene rings is 1. The zero-order chi connectivity index (χ0) is 12.3. The zero-order valence-electron chi connectivity index (χ0n) is 10.1. The van der Waals surface area contributed by atoms with E-state index >= 15 is 0 Å². The average Bonchev–Trinajstić information content (AvgIpc) is 2.64. The monoisotopic (exact) mass is 232 g/mol. The minimum atomic E-state index is 0.482. The van der Waals surface area contributed by atoms with Crippen LogP contribution in [-0.4, -0.2) is 21.6 Å². The summed E-state index contributed by atoms with van der Waals surface area (Å²) in [7, 11) is 0. The maximum absolute atomic E-state index is 5.64. The predicted molar refractivity (Wildman–Crippen MR) is 65.9 cm³/mol. The first-order valence-electron chi connectivity index (χ1n) is 5.58. The highest BCUT2D eigenvalue weighted by molar-refractivity contribution is 5.32. The van der Waals surface area contributed by atoms with Crippen LogP contribution in [0.4, 0.5) is 5.82 Å². The third-order valence-electron chi connectivity index (χ3n) is 2.58. The topological polar surface area (TPSA) is 66.0 Å². The Hall–Kier alpha value is -2.04. The number of nitrogens with two attached hydrogens (primary N) is 1. The van der Waals surface area contributed by atoms with Crippen molar-refractivity contribution in [3.8, 4) is 5.75 Å². The molecular weight excluding hydrogens is 216 g/mol. The van der Waals surface area contributed by atoms with Crippen molar-refractivity contribution in [2.45, 2.75) is 20.4 Å². The Kier molecular flexibility index (Phi) is 3.27. The molecule has 0 atom stereocenters. The molecule has 2 N–H and O–H groups in total. The fraction of sp³-hybridized carbons (Fsp3) is 0.333. The molecule has 5 heteroatoms. The van der Waals surface area contributed by atoms with Crippen LogP contribution < -0.4 is 10.5 Å². The molecule has 1 heterocycles. The molecule has 0 amide bonds. The van der Waals surface area contributed by atoms with E-state index in [2.05, 4.69) is 10.3 Å². The Balaban J connectivity index is 2.11. The lowest BCUT2D eigenvalue weighted by Crippen LogP contribution is -2.04. The SMILES string of the molecule is CCOc1ccc(Cn2nnc(N)c2C)cc1. The van der Waals surface area contributed by atoms with Crippen molar-refractivity contribution < 1.29 is 4.74 Å². The normalized spacial score (nSPS) is 10.5. The molecule has 0 saturated heterocycles. The number of ether oxygens (including phenoxy) is 1. The summed E-state index contributed by atoms with van der Waals surface area (Å²) < 4.78 is 7.17. The molecule has 1 aromatic carbocycles. The van der Waals surface area contributed by atoms with Gasteiger partial charge >= 0.3 is 0 Å². The summed E-state index contributed by atoms with van der Waals surface area (Å²) in [6.45, 7) is 5.22. The minimum absolute atomic E-state index is 0.482. The molecule has 5 nitrogen and oxygen atoms in total. The molecule has 0 saturated carbocycles. The summed E-state index contributed by atoms with van der Waals surface area (Å²) >= 11 is 0. The number of anilines is 1. The highest BCUT2D eigenvalue weighted by Gasteiger charge is 2.05. The molecule has 0 bridgehead atoms. The lowest BCUT2D eigenvalue weighted by atomic mass is 10.2. The quantitative estimate of drug-likeness (QED) is 0.869. The van der Waals surface area contributed by atoms with Gasteiger partial charge in [-0.1, -0.05) is 17.3 Å². The Bertz CT molecular complexity index is 490. The highest BCUT2D eigenvalue weighted by atomic mass is 16.5. The largest absolute Gasteiger partial charge is 0.494 e. The Morgan fingerprint density at radius 2 is 2.00 bits per heavy atom. The summed E-state index contributed by atoms with van der Waals surface area (Å²) in [5.41, 5.74) is 7.67. The second-order valence-corrected chi connectivity index (χ2v) is 3.79. The molecule has 0 radical (unpaired) electrons. The van der Waals surface area contributed by atoms with Gasteiger partial charge in [0.1, 0.15) is 5.75 Å². The van der Waals surface area contributed by atoms with Crippen LogP contribution >= 0.6 is 0 Å². The Morgan fingerprint density at radius 3 is 2.53 bits per heavy atom. The van der Waals surface area contributed by atoms with Gasteiger partial charge in [0.2, 0.25) is 0 Å². The molecule has 2 aromatic rings. The van der Waals surface area contributed by atoms with Gasteiger partial charge in [0, 0.05) is 0 Å². The second-order valence-electron chi connectivity index (χ2n) is 3.79. The van der Waals surface area contributed by atoms with E-state index in [1.807, 2.05) is 38.1 Å². The predicted octanol–water partition coefficient (Wildman–Crippen LogP) is 1.62. The molecule has 1 aromatic heterocycles. The molecule has 0 spiro atoms. The van der Waals surface area contributed by atoms with Gasteiger partial charge in [-0.3, -0.25) is 0 Å². The van der Waals surface area contributed by atoms with Crippen LogP contribution in [0.3, 0.4) is 0 Å². The molecule has 90 valence electrons. The molecule has 17 heavy (non-hydrogen) atoms. The second kappa shape index (κ2) is 4.86. The van der Waals surface area contributed by atoms with Crippen molar-refractivity contribution in [3.05, 3.63) is 35.5 Å². The van der Waals surface area contributed by atoms with Crippen LogP contribution in [0.15, 0.2) is 24.3 Å². The first-order chi connectivity index (χ1) is 8.20. The van der Waals surface area contributed by atoms with Crippen molar-refractivity contribution in [2.24, 2.45) is 0 Å². The average molecular weight is 232 g/mol. The fourth-order valence-electron chi connectivity index (χ4n) is 1.55. The van der Waals surface area contributed by atoms with Crippen LogP contribution in [0.1, 0.15) is 18.2 Å². The van der Waals surface area contributed by atoms with Gasteiger partial charge in [-0.2, -0.15) is 0 Å². The lowest BCUT2D eigenvalue weighted by Gasteiger charge is -2.06. The first-order valence-corrected chi connectivity index (χ1v) is 5.58. The van der Waals surface area contributed by atoms with Crippen LogP contribution in [0, 0.1) is 6.92 Å². The lowest BCUT2D eigenvalue weighted by molar-refractivity contribution is 0.340. The fourth-order valence-corrected chi connectivity index (χ4v) is 1.55. The summed E-state index contributed by atoms with van der Waals surface area (Å²) in [6.07, 6.45) is 0. The van der Waals surface area contributed by atoms with E-state index in [0.717, 1.165) is 17.0 Å². The summed E-state index contributed by atoms with van der Waals surface area (Å²) in [4.78, 5) is 0. The smallest absolute Gasteiger partial charge is 0.168 e. The van der Waals surface area contributed by atoms with Gasteiger partial charge in [0.25, 0.3) is 0 Å². The van der Waals surface area contributed by atoms with E-state index < -0.39 is 0 Å². The molecule has 0 unspecified atom stereocenters. The van der Waals surface area contributed by atoms with Gasteiger partial charge in [-0.25, -0.2) is 4.68 Å². The van der Waals surface area contributed by atoms with Crippen LogP contribution in [0.2, 0.25) is 0 Å². The number of hydrogen-bond donors (Lipinski definition) is 1. The summed E-state index contributed by atoms with van der Waals surface area (Å²) in [5, 5.41) is 7.81. The van der Waals surface area contributed by atoms with Crippen molar-refractivity contribution in [1.29, 1.82) is 0 Å². The van der Waals surface area contributed by atoms with E-state index in [0.29, 0.717) is 19.0 Å². The maximum atomic E-state index is 5.64. The minimum Gasteiger partial charge on any atom is -0.494 e. The maximum Gasteiger partial charge on any atom is 0.168 e. The van der Waals surface area contributed by atoms with Crippen LogP contribution in [-0.2, 0) is 6.54 Å². The van der Waals surface area contributed by atoms with Crippen LogP contribution in [0.5, 0.6) is 5.75 Å². The summed E-state index contributed by atoms with van der Waals surface area (Å²) in [6, 6.07) is 7.94. The molecule has 2 rings (SSSR count). The zero-order valence-corrected chi connectivity index (χ0v) is 10.1. The number of nitrogens with zero attached hydrogens (tertiary/aromatic N) is 3. The van der Waals surface area contributed by atoms with E-state index in [-0.39, 0.29) is 0 Å². The van der Waals surface area contributed by atoms with Crippen LogP contribution in [0.25, 0.3) is 0 Å². The van der Waals surface area contributed by atoms with Gasteiger partial charge < -0.3 is 10.5 Å². The standard InChI is InChI=1S/C12H16N4O/c1-3-17-11-6-4-10(5-7-11)8-16-9(2)12(13)14-15-16/h4-7H,3,8,13H2,1-2H3. The third-order valence-corrected chi connectivity index (χ3v) is 2.58. The van der Waals surface area contributed by atoms with Gasteiger partial charge in [-0.15, -0.1) is 5.10 Å². The number of hydrogen-bond acceptors (Lipinski definition) is 4. The van der Waals surface area contributed by atoms with Gasteiger partial charge in [-0.05, 0) is 31.5 Å². The van der Waals surface area contributed by atoms with Crippen molar-refractivity contribution in [1.82, 2.24) is 15.0 Å². The van der Waals surface area contributed by atoms with E-state index in [1.165, 1.54) is 0 Å². The third kappa shape index (κ3) is 2.55. The molecule has 0 aliphatic carbocycles. The van der Waals surface area contributed by atoms with Gasteiger partial charge in [0.15, 0.2) is 5.82 Å². The van der Waals surface area contributed by atoms with Crippen molar-refractivity contribution >= 4 is 5.82 Å². The Labute approximate surface area is 100 Å². The molecule has 0 fully saturated rings. The Morgan fingerprint density at radius 1 is 1.29 bits per heavy atom. The first kappa shape index (κ1) is 11.4. The van der Waals surface area contributed by atoms with Crippen molar-refractivity contribution in [3.63, 3.8) is 0 Å².